The van der Waals surface area contributed by atoms with Gasteiger partial charge in [-0.2, -0.15) is 0 Å². The maximum absolute atomic E-state index is 10.6. The van der Waals surface area contributed by atoms with E-state index in [-0.39, 0.29) is 6.04 Å². The zero-order chi connectivity index (χ0) is 13.5. The van der Waals surface area contributed by atoms with Crippen LogP contribution in [-0.2, 0) is 0 Å². The minimum atomic E-state index is -0.886. The van der Waals surface area contributed by atoms with Crippen LogP contribution < -0.4 is 5.32 Å². The van der Waals surface area contributed by atoms with Gasteiger partial charge < -0.3 is 20.2 Å². The standard InChI is InChI=1S/C14H27N3O2/c18-14(19)15-13-5-11-17(12-6-13)10-4-9-16-7-2-1-3-8-16/h13,15H,1-12H2,(H,18,19). The first-order valence-corrected chi connectivity index (χ1v) is 7.68. The summed E-state index contributed by atoms with van der Waals surface area (Å²) in [6.07, 6.45) is 6.41. The summed E-state index contributed by atoms with van der Waals surface area (Å²) in [4.78, 5) is 15.6. The molecule has 1 amide bonds. The van der Waals surface area contributed by atoms with Gasteiger partial charge in [-0.15, -0.1) is 0 Å². The maximum atomic E-state index is 10.6. The molecule has 2 fully saturated rings. The Hall–Kier alpha value is -0.810. The second-order valence-electron chi connectivity index (χ2n) is 5.82. The van der Waals surface area contributed by atoms with E-state index in [1.165, 1.54) is 45.3 Å². The first kappa shape index (κ1) is 14.6. The van der Waals surface area contributed by atoms with Crippen molar-refractivity contribution in [2.24, 2.45) is 0 Å². The Balaban J connectivity index is 1.54. The van der Waals surface area contributed by atoms with Gasteiger partial charge in [0.15, 0.2) is 0 Å². The molecule has 5 nitrogen and oxygen atoms in total. The normalized spacial score (nSPS) is 23.4. The van der Waals surface area contributed by atoms with Crippen molar-refractivity contribution in [3.05, 3.63) is 0 Å². The number of hydrogen-bond donors (Lipinski definition) is 2. The fourth-order valence-corrected chi connectivity index (χ4v) is 3.18. The van der Waals surface area contributed by atoms with Crippen molar-refractivity contribution in [3.8, 4) is 0 Å². The lowest BCUT2D eigenvalue weighted by atomic mass is 10.1. The molecule has 0 atom stereocenters. The fraction of sp³-hybridized carbons (Fsp3) is 0.929. The molecule has 0 unspecified atom stereocenters. The van der Waals surface area contributed by atoms with E-state index < -0.39 is 6.09 Å². The third-order valence-corrected chi connectivity index (χ3v) is 4.31. The van der Waals surface area contributed by atoms with Crippen LogP contribution >= 0.6 is 0 Å². The minimum absolute atomic E-state index is 0.163. The van der Waals surface area contributed by atoms with E-state index in [1.807, 2.05) is 0 Å². The average molecular weight is 269 g/mol. The topological polar surface area (TPSA) is 55.8 Å². The summed E-state index contributed by atoms with van der Waals surface area (Å²) in [5.74, 6) is 0. The van der Waals surface area contributed by atoms with Crippen LogP contribution in [0.25, 0.3) is 0 Å². The van der Waals surface area contributed by atoms with Crippen LogP contribution in [0, 0.1) is 0 Å². The number of likely N-dealkylation sites (tertiary alicyclic amines) is 2. The smallest absolute Gasteiger partial charge is 0.404 e. The van der Waals surface area contributed by atoms with Crippen LogP contribution in [0.15, 0.2) is 0 Å². The van der Waals surface area contributed by atoms with Crippen LogP contribution in [0.4, 0.5) is 4.79 Å². The molecule has 0 radical (unpaired) electrons. The Morgan fingerprint density at radius 3 is 2.16 bits per heavy atom. The highest BCUT2D eigenvalue weighted by atomic mass is 16.4. The fourth-order valence-electron chi connectivity index (χ4n) is 3.18. The number of amides is 1. The van der Waals surface area contributed by atoms with Gasteiger partial charge in [0.25, 0.3) is 0 Å². The van der Waals surface area contributed by atoms with Gasteiger partial charge in [0.1, 0.15) is 0 Å². The summed E-state index contributed by atoms with van der Waals surface area (Å²) in [7, 11) is 0. The molecular weight excluding hydrogens is 242 g/mol. The lowest BCUT2D eigenvalue weighted by Crippen LogP contribution is -2.44. The zero-order valence-corrected chi connectivity index (χ0v) is 11.8. The Kier molecular flexibility index (Phi) is 5.92. The highest BCUT2D eigenvalue weighted by Gasteiger charge is 2.20. The van der Waals surface area contributed by atoms with E-state index in [9.17, 15) is 4.79 Å². The molecule has 2 N–H and O–H groups in total. The third kappa shape index (κ3) is 5.37. The number of piperidine rings is 2. The second-order valence-corrected chi connectivity index (χ2v) is 5.82. The predicted molar refractivity (Wildman–Crippen MR) is 75.5 cm³/mol. The molecule has 19 heavy (non-hydrogen) atoms. The summed E-state index contributed by atoms with van der Waals surface area (Å²) in [5, 5.41) is 11.3. The monoisotopic (exact) mass is 269 g/mol. The summed E-state index contributed by atoms with van der Waals surface area (Å²) < 4.78 is 0. The van der Waals surface area contributed by atoms with E-state index in [4.69, 9.17) is 5.11 Å². The molecular formula is C14H27N3O2. The quantitative estimate of drug-likeness (QED) is 0.796. The van der Waals surface area contributed by atoms with Crippen molar-refractivity contribution in [2.75, 3.05) is 39.3 Å². The first-order chi connectivity index (χ1) is 9.24. The molecule has 0 aromatic heterocycles. The van der Waals surface area contributed by atoms with Gasteiger partial charge in [0, 0.05) is 19.1 Å². The molecule has 5 heteroatoms. The van der Waals surface area contributed by atoms with Crippen LogP contribution in [0.2, 0.25) is 0 Å². The molecule has 0 aromatic rings. The third-order valence-electron chi connectivity index (χ3n) is 4.31. The van der Waals surface area contributed by atoms with Crippen molar-refractivity contribution in [1.29, 1.82) is 0 Å². The van der Waals surface area contributed by atoms with Crippen LogP contribution in [0.1, 0.15) is 38.5 Å². The average Bonchev–Trinajstić information content (AvgIpc) is 2.41. The molecule has 0 aromatic carbocycles. The molecule has 110 valence electrons. The van der Waals surface area contributed by atoms with E-state index in [0.717, 1.165) is 32.5 Å². The highest BCUT2D eigenvalue weighted by Crippen LogP contribution is 2.12. The summed E-state index contributed by atoms with van der Waals surface area (Å²) in [6, 6.07) is 0.163. The molecule has 2 aliphatic heterocycles. The van der Waals surface area contributed by atoms with Crippen molar-refractivity contribution in [2.45, 2.75) is 44.6 Å². The van der Waals surface area contributed by atoms with Crippen molar-refractivity contribution < 1.29 is 9.90 Å². The summed E-state index contributed by atoms with van der Waals surface area (Å²) >= 11 is 0. The molecule has 0 aliphatic carbocycles. The molecule has 2 saturated heterocycles. The SMILES string of the molecule is O=C(O)NC1CCN(CCCN2CCCCC2)CC1. The van der Waals surface area contributed by atoms with Gasteiger partial charge in [-0.3, -0.25) is 0 Å². The maximum Gasteiger partial charge on any atom is 0.404 e. The van der Waals surface area contributed by atoms with Crippen LogP contribution in [0.5, 0.6) is 0 Å². The van der Waals surface area contributed by atoms with Gasteiger partial charge in [-0.25, -0.2) is 4.79 Å². The summed E-state index contributed by atoms with van der Waals surface area (Å²) in [6.45, 7) is 7.02. The lowest BCUT2D eigenvalue weighted by Gasteiger charge is -2.33. The van der Waals surface area contributed by atoms with Crippen molar-refractivity contribution >= 4 is 6.09 Å². The van der Waals surface area contributed by atoms with Gasteiger partial charge in [0.2, 0.25) is 0 Å². The molecule has 2 aliphatic rings. The van der Waals surface area contributed by atoms with Crippen molar-refractivity contribution in [3.63, 3.8) is 0 Å². The van der Waals surface area contributed by atoms with E-state index in [2.05, 4.69) is 15.1 Å². The molecule has 0 spiro atoms. The first-order valence-electron chi connectivity index (χ1n) is 7.68. The van der Waals surface area contributed by atoms with E-state index >= 15 is 0 Å². The Labute approximate surface area is 115 Å². The highest BCUT2D eigenvalue weighted by molar-refractivity contribution is 5.64. The van der Waals surface area contributed by atoms with Crippen LogP contribution in [-0.4, -0.2) is 66.3 Å². The number of hydrogen-bond acceptors (Lipinski definition) is 3. The minimum Gasteiger partial charge on any atom is -0.465 e. The van der Waals surface area contributed by atoms with Gasteiger partial charge >= 0.3 is 6.09 Å². The number of nitrogens with zero attached hydrogens (tertiary/aromatic N) is 2. The molecule has 0 saturated carbocycles. The molecule has 2 heterocycles. The Morgan fingerprint density at radius 1 is 1.00 bits per heavy atom. The van der Waals surface area contributed by atoms with Gasteiger partial charge in [-0.1, -0.05) is 6.42 Å². The van der Waals surface area contributed by atoms with Gasteiger partial charge in [0.05, 0.1) is 0 Å². The largest absolute Gasteiger partial charge is 0.465 e. The number of rotatable bonds is 5. The Bertz CT molecular complexity index is 272. The van der Waals surface area contributed by atoms with Gasteiger partial charge in [-0.05, 0) is 58.3 Å². The van der Waals surface area contributed by atoms with Crippen LogP contribution in [0.3, 0.4) is 0 Å². The molecule has 2 rings (SSSR count). The second kappa shape index (κ2) is 7.70. The van der Waals surface area contributed by atoms with Crippen molar-refractivity contribution in [1.82, 2.24) is 15.1 Å². The summed E-state index contributed by atoms with van der Waals surface area (Å²) in [5.41, 5.74) is 0. The molecule has 0 bridgehead atoms. The lowest BCUT2D eigenvalue weighted by molar-refractivity contribution is 0.160. The Morgan fingerprint density at radius 2 is 1.58 bits per heavy atom. The van der Waals surface area contributed by atoms with E-state index in [0.29, 0.717) is 0 Å². The number of carboxylic acid groups (broad SMARTS) is 1. The van der Waals surface area contributed by atoms with E-state index in [1.54, 1.807) is 0 Å². The number of carbonyl (C=O) groups is 1. The number of nitrogens with one attached hydrogen (secondary N) is 1. The zero-order valence-electron chi connectivity index (χ0n) is 11.8. The predicted octanol–water partition coefficient (Wildman–Crippen LogP) is 1.59.